The second kappa shape index (κ2) is 4.88. The summed E-state index contributed by atoms with van der Waals surface area (Å²) in [5.41, 5.74) is 0.763. The van der Waals surface area contributed by atoms with E-state index in [1.807, 2.05) is 0 Å². The van der Waals surface area contributed by atoms with Gasteiger partial charge in [-0.05, 0) is 17.7 Å². The topological polar surface area (TPSA) is 49.7 Å². The molecule has 3 nitrogen and oxygen atoms in total. The van der Waals surface area contributed by atoms with E-state index in [1.54, 1.807) is 24.3 Å². The lowest BCUT2D eigenvalue weighted by atomic mass is 10.2. The SMILES string of the molecule is COc1cc(/C=C/CO)cc(Cl)c1O. The minimum atomic E-state index is -0.0738. The fourth-order valence-corrected chi connectivity index (χ4v) is 1.25. The van der Waals surface area contributed by atoms with Gasteiger partial charge in [-0.1, -0.05) is 23.8 Å². The summed E-state index contributed by atoms with van der Waals surface area (Å²) in [6.45, 7) is -0.0409. The zero-order chi connectivity index (χ0) is 10.6. The standard InChI is InChI=1S/C10H11ClO3/c1-14-9-6-7(3-2-4-12)5-8(11)10(9)13/h2-3,5-6,12-13H,4H2,1H3/b3-2+. The first kappa shape index (κ1) is 10.9. The number of phenols is 1. The fraction of sp³-hybridized carbons (Fsp3) is 0.200. The van der Waals surface area contributed by atoms with Gasteiger partial charge in [0.25, 0.3) is 0 Å². The number of aliphatic hydroxyl groups is 1. The van der Waals surface area contributed by atoms with E-state index in [1.165, 1.54) is 7.11 Å². The van der Waals surface area contributed by atoms with Gasteiger partial charge in [0.2, 0.25) is 0 Å². The summed E-state index contributed by atoms with van der Waals surface area (Å²) in [5.74, 6) is 0.241. The van der Waals surface area contributed by atoms with Gasteiger partial charge in [0, 0.05) is 0 Å². The van der Waals surface area contributed by atoms with Crippen molar-refractivity contribution >= 4 is 17.7 Å². The minimum absolute atomic E-state index is 0.0409. The number of methoxy groups -OCH3 is 1. The van der Waals surface area contributed by atoms with Crippen molar-refractivity contribution in [2.24, 2.45) is 0 Å². The molecular weight excluding hydrogens is 204 g/mol. The molecule has 0 spiro atoms. The highest BCUT2D eigenvalue weighted by atomic mass is 35.5. The summed E-state index contributed by atoms with van der Waals surface area (Å²) in [4.78, 5) is 0. The van der Waals surface area contributed by atoms with E-state index < -0.39 is 0 Å². The summed E-state index contributed by atoms with van der Waals surface area (Å²) in [7, 11) is 1.45. The molecule has 0 atom stereocenters. The second-order valence-corrected chi connectivity index (χ2v) is 3.05. The Balaban J connectivity index is 3.09. The van der Waals surface area contributed by atoms with Crippen LogP contribution in [0.25, 0.3) is 6.08 Å². The average molecular weight is 215 g/mol. The number of benzene rings is 1. The van der Waals surface area contributed by atoms with Crippen LogP contribution in [0.2, 0.25) is 5.02 Å². The van der Waals surface area contributed by atoms with Crippen LogP contribution in [-0.2, 0) is 0 Å². The predicted octanol–water partition coefficient (Wildman–Crippen LogP) is 2.06. The fourth-order valence-electron chi connectivity index (χ4n) is 1.03. The minimum Gasteiger partial charge on any atom is -0.503 e. The molecular formula is C10H11ClO3. The van der Waals surface area contributed by atoms with Gasteiger partial charge >= 0.3 is 0 Å². The Morgan fingerprint density at radius 2 is 2.21 bits per heavy atom. The van der Waals surface area contributed by atoms with Gasteiger partial charge in [-0.3, -0.25) is 0 Å². The van der Waals surface area contributed by atoms with E-state index in [4.69, 9.17) is 21.4 Å². The summed E-state index contributed by atoms with van der Waals surface area (Å²) < 4.78 is 4.92. The molecule has 1 aromatic carbocycles. The molecule has 0 amide bonds. The Kier molecular flexibility index (Phi) is 3.80. The third kappa shape index (κ3) is 2.40. The number of aromatic hydroxyl groups is 1. The zero-order valence-corrected chi connectivity index (χ0v) is 8.45. The van der Waals surface area contributed by atoms with Crippen LogP contribution in [0, 0.1) is 0 Å². The maximum absolute atomic E-state index is 9.42. The summed E-state index contributed by atoms with van der Waals surface area (Å²) in [6.07, 6.45) is 3.26. The van der Waals surface area contributed by atoms with Crippen LogP contribution < -0.4 is 4.74 Å². The molecule has 4 heteroatoms. The number of ether oxygens (including phenoxy) is 1. The van der Waals surface area contributed by atoms with Crippen molar-refractivity contribution in [2.45, 2.75) is 0 Å². The molecule has 0 bridgehead atoms. The number of hydrogen-bond acceptors (Lipinski definition) is 3. The maximum atomic E-state index is 9.42. The van der Waals surface area contributed by atoms with Crippen LogP contribution in [0.3, 0.4) is 0 Å². The molecule has 0 aliphatic rings. The molecule has 0 radical (unpaired) electrons. The molecule has 1 rings (SSSR count). The van der Waals surface area contributed by atoms with Crippen molar-refractivity contribution in [3.63, 3.8) is 0 Å². The molecule has 1 aromatic rings. The van der Waals surface area contributed by atoms with E-state index in [0.29, 0.717) is 5.75 Å². The Labute approximate surface area is 87.2 Å². The van der Waals surface area contributed by atoms with Crippen LogP contribution in [0.5, 0.6) is 11.5 Å². The van der Waals surface area contributed by atoms with E-state index >= 15 is 0 Å². The molecule has 0 unspecified atom stereocenters. The van der Waals surface area contributed by atoms with Gasteiger partial charge in [0.1, 0.15) is 0 Å². The highest BCUT2D eigenvalue weighted by Gasteiger charge is 2.06. The van der Waals surface area contributed by atoms with Crippen molar-refractivity contribution in [3.05, 3.63) is 28.8 Å². The van der Waals surface area contributed by atoms with Crippen LogP contribution >= 0.6 is 11.6 Å². The summed E-state index contributed by atoms with van der Waals surface area (Å²) >= 11 is 5.75. The largest absolute Gasteiger partial charge is 0.503 e. The van der Waals surface area contributed by atoms with Crippen LogP contribution in [0.15, 0.2) is 18.2 Å². The number of rotatable bonds is 3. The second-order valence-electron chi connectivity index (χ2n) is 2.64. The highest BCUT2D eigenvalue weighted by molar-refractivity contribution is 6.32. The lowest BCUT2D eigenvalue weighted by Crippen LogP contribution is -1.85. The van der Waals surface area contributed by atoms with E-state index in [0.717, 1.165) is 5.56 Å². The first-order valence-corrected chi connectivity index (χ1v) is 4.40. The molecule has 76 valence electrons. The van der Waals surface area contributed by atoms with Crippen molar-refractivity contribution in [3.8, 4) is 11.5 Å². The molecule has 0 heterocycles. The van der Waals surface area contributed by atoms with E-state index in [2.05, 4.69) is 0 Å². The predicted molar refractivity (Wildman–Crippen MR) is 55.8 cm³/mol. The monoisotopic (exact) mass is 214 g/mol. The normalized spacial score (nSPS) is 10.8. The quantitative estimate of drug-likeness (QED) is 0.810. The zero-order valence-electron chi connectivity index (χ0n) is 7.70. The van der Waals surface area contributed by atoms with Gasteiger partial charge in [-0.25, -0.2) is 0 Å². The highest BCUT2D eigenvalue weighted by Crippen LogP contribution is 2.35. The van der Waals surface area contributed by atoms with Crippen molar-refractivity contribution in [1.29, 1.82) is 0 Å². The first-order chi connectivity index (χ1) is 6.69. The van der Waals surface area contributed by atoms with Crippen molar-refractivity contribution < 1.29 is 14.9 Å². The molecule has 2 N–H and O–H groups in total. The Morgan fingerprint density at radius 1 is 1.50 bits per heavy atom. The number of halogens is 1. The van der Waals surface area contributed by atoms with Crippen molar-refractivity contribution in [2.75, 3.05) is 13.7 Å². The lowest BCUT2D eigenvalue weighted by Gasteiger charge is -2.05. The molecule has 0 aliphatic heterocycles. The number of hydrogen-bond donors (Lipinski definition) is 2. The Hall–Kier alpha value is -1.19. The molecule has 0 aliphatic carbocycles. The average Bonchev–Trinajstić information content (AvgIpc) is 2.19. The van der Waals surface area contributed by atoms with Crippen molar-refractivity contribution in [1.82, 2.24) is 0 Å². The van der Waals surface area contributed by atoms with Gasteiger partial charge in [-0.15, -0.1) is 0 Å². The summed E-state index contributed by atoms with van der Waals surface area (Å²) in [5, 5.41) is 18.2. The van der Waals surface area contributed by atoms with Gasteiger partial charge in [-0.2, -0.15) is 0 Å². The van der Waals surface area contributed by atoms with E-state index in [-0.39, 0.29) is 17.4 Å². The van der Waals surface area contributed by atoms with Gasteiger partial charge < -0.3 is 14.9 Å². The Morgan fingerprint density at radius 3 is 2.79 bits per heavy atom. The van der Waals surface area contributed by atoms with Crippen LogP contribution in [0.4, 0.5) is 0 Å². The van der Waals surface area contributed by atoms with Gasteiger partial charge in [0.05, 0.1) is 18.7 Å². The van der Waals surface area contributed by atoms with Gasteiger partial charge in [0.15, 0.2) is 11.5 Å². The molecule has 0 saturated carbocycles. The maximum Gasteiger partial charge on any atom is 0.176 e. The third-order valence-corrected chi connectivity index (χ3v) is 1.97. The smallest absolute Gasteiger partial charge is 0.176 e. The lowest BCUT2D eigenvalue weighted by molar-refractivity contribution is 0.343. The third-order valence-electron chi connectivity index (χ3n) is 1.69. The summed E-state index contributed by atoms with van der Waals surface area (Å²) in [6, 6.07) is 3.22. The van der Waals surface area contributed by atoms with Crippen LogP contribution in [0.1, 0.15) is 5.56 Å². The number of phenolic OH excluding ortho intramolecular Hbond substituents is 1. The van der Waals surface area contributed by atoms with Crippen LogP contribution in [-0.4, -0.2) is 23.9 Å². The van der Waals surface area contributed by atoms with E-state index in [9.17, 15) is 5.11 Å². The molecule has 0 saturated heterocycles. The molecule has 0 aromatic heterocycles. The molecule has 14 heavy (non-hydrogen) atoms. The number of aliphatic hydroxyl groups excluding tert-OH is 1. The first-order valence-electron chi connectivity index (χ1n) is 4.03. The molecule has 0 fully saturated rings. The Bertz CT molecular complexity index is 347.